The van der Waals surface area contributed by atoms with E-state index >= 15 is 0 Å². The Bertz CT molecular complexity index is 296. The van der Waals surface area contributed by atoms with Gasteiger partial charge in [-0.25, -0.2) is 0 Å². The first-order valence-electron chi connectivity index (χ1n) is 5.89. The number of likely N-dealkylation sites (tertiary alicyclic amines) is 1. The van der Waals surface area contributed by atoms with Crippen molar-refractivity contribution in [3.05, 3.63) is 23.8 Å². The van der Waals surface area contributed by atoms with E-state index in [9.17, 15) is 4.79 Å². The molecule has 2 nitrogen and oxygen atoms in total. The van der Waals surface area contributed by atoms with Crippen LogP contribution in [0.1, 0.15) is 32.6 Å². The van der Waals surface area contributed by atoms with E-state index < -0.39 is 0 Å². The predicted molar refractivity (Wildman–Crippen MR) is 61.4 cm³/mol. The zero-order valence-electron chi connectivity index (χ0n) is 9.41. The van der Waals surface area contributed by atoms with Gasteiger partial charge >= 0.3 is 0 Å². The Morgan fingerprint density at radius 2 is 2.07 bits per heavy atom. The van der Waals surface area contributed by atoms with Crippen LogP contribution in [-0.2, 0) is 4.79 Å². The van der Waals surface area contributed by atoms with Gasteiger partial charge in [-0.15, -0.1) is 0 Å². The normalized spacial score (nSPS) is 22.7. The minimum atomic E-state index is 0.224. The fourth-order valence-electron chi connectivity index (χ4n) is 2.46. The van der Waals surface area contributed by atoms with Crippen molar-refractivity contribution in [3.8, 4) is 0 Å². The highest BCUT2D eigenvalue weighted by atomic mass is 16.2. The van der Waals surface area contributed by atoms with E-state index in [1.807, 2.05) is 4.90 Å². The van der Waals surface area contributed by atoms with Gasteiger partial charge in [-0.1, -0.05) is 18.2 Å². The minimum Gasteiger partial charge on any atom is -0.343 e. The van der Waals surface area contributed by atoms with Gasteiger partial charge in [0.15, 0.2) is 0 Å². The van der Waals surface area contributed by atoms with E-state index in [1.54, 1.807) is 6.92 Å². The quantitative estimate of drug-likeness (QED) is 0.644. The van der Waals surface area contributed by atoms with Gasteiger partial charge in [0.1, 0.15) is 0 Å². The van der Waals surface area contributed by atoms with Crippen LogP contribution in [0.15, 0.2) is 23.8 Å². The van der Waals surface area contributed by atoms with Gasteiger partial charge in [0.25, 0.3) is 0 Å². The average molecular weight is 205 g/mol. The standard InChI is InChI=1S/C13H19NO/c1-11(15)14-9-7-13(8-10-14)12-5-3-2-4-6-12/h3,5-6,13H,2,4,7-10H2,1H3. The lowest BCUT2D eigenvalue weighted by atomic mass is 9.86. The molecule has 1 heterocycles. The van der Waals surface area contributed by atoms with Crippen LogP contribution in [0.25, 0.3) is 0 Å². The van der Waals surface area contributed by atoms with Crippen LogP contribution in [0.3, 0.4) is 0 Å². The first kappa shape index (κ1) is 10.5. The van der Waals surface area contributed by atoms with Crippen molar-refractivity contribution in [2.24, 2.45) is 5.92 Å². The molecule has 2 heteroatoms. The monoisotopic (exact) mass is 205 g/mol. The van der Waals surface area contributed by atoms with Crippen LogP contribution in [-0.4, -0.2) is 23.9 Å². The number of carbonyl (C=O) groups is 1. The molecule has 1 aliphatic carbocycles. The molecule has 0 unspecified atom stereocenters. The molecule has 0 radical (unpaired) electrons. The second kappa shape index (κ2) is 4.65. The van der Waals surface area contributed by atoms with E-state index in [0.29, 0.717) is 5.92 Å². The highest BCUT2D eigenvalue weighted by molar-refractivity contribution is 5.73. The molecule has 0 saturated carbocycles. The fraction of sp³-hybridized carbons (Fsp3) is 0.615. The Labute approximate surface area is 91.6 Å². The van der Waals surface area contributed by atoms with E-state index in [-0.39, 0.29) is 5.91 Å². The van der Waals surface area contributed by atoms with Gasteiger partial charge in [-0.05, 0) is 37.2 Å². The van der Waals surface area contributed by atoms with Crippen LogP contribution in [0.5, 0.6) is 0 Å². The summed E-state index contributed by atoms with van der Waals surface area (Å²) in [6, 6.07) is 0. The lowest BCUT2D eigenvalue weighted by Crippen LogP contribution is -2.37. The lowest BCUT2D eigenvalue weighted by Gasteiger charge is -2.32. The molecule has 15 heavy (non-hydrogen) atoms. The summed E-state index contributed by atoms with van der Waals surface area (Å²) < 4.78 is 0. The van der Waals surface area contributed by atoms with E-state index in [1.165, 1.54) is 18.4 Å². The van der Waals surface area contributed by atoms with E-state index in [4.69, 9.17) is 0 Å². The maximum Gasteiger partial charge on any atom is 0.219 e. The number of carbonyl (C=O) groups excluding carboxylic acids is 1. The average Bonchev–Trinajstić information content (AvgIpc) is 2.30. The molecular formula is C13H19NO. The Morgan fingerprint density at radius 1 is 1.33 bits per heavy atom. The van der Waals surface area contributed by atoms with Gasteiger partial charge in [0.2, 0.25) is 5.91 Å². The first-order chi connectivity index (χ1) is 7.27. The summed E-state index contributed by atoms with van der Waals surface area (Å²) in [7, 11) is 0. The van der Waals surface area contributed by atoms with Crippen LogP contribution < -0.4 is 0 Å². The fourth-order valence-corrected chi connectivity index (χ4v) is 2.46. The number of hydrogen-bond donors (Lipinski definition) is 0. The first-order valence-corrected chi connectivity index (χ1v) is 5.89. The van der Waals surface area contributed by atoms with Crippen molar-refractivity contribution in [3.63, 3.8) is 0 Å². The van der Waals surface area contributed by atoms with Gasteiger partial charge in [0.05, 0.1) is 0 Å². The molecule has 0 aromatic rings. The summed E-state index contributed by atoms with van der Waals surface area (Å²) in [6.07, 6.45) is 11.6. The SMILES string of the molecule is CC(=O)N1CCC(C2=CCCC=C2)CC1. The maximum atomic E-state index is 11.2. The number of piperidine rings is 1. The van der Waals surface area contributed by atoms with E-state index in [2.05, 4.69) is 18.2 Å². The molecule has 1 aliphatic heterocycles. The third-order valence-electron chi connectivity index (χ3n) is 3.44. The minimum absolute atomic E-state index is 0.224. The molecule has 1 amide bonds. The Morgan fingerprint density at radius 3 is 2.60 bits per heavy atom. The second-order valence-electron chi connectivity index (χ2n) is 4.46. The van der Waals surface area contributed by atoms with Crippen LogP contribution >= 0.6 is 0 Å². The molecule has 0 aromatic carbocycles. The van der Waals surface area contributed by atoms with Gasteiger partial charge in [-0.3, -0.25) is 4.79 Å². The molecule has 0 N–H and O–H groups in total. The summed E-state index contributed by atoms with van der Waals surface area (Å²) in [5.74, 6) is 0.916. The molecule has 1 fully saturated rings. The summed E-state index contributed by atoms with van der Waals surface area (Å²) in [6.45, 7) is 3.54. The zero-order valence-corrected chi connectivity index (χ0v) is 9.41. The molecule has 0 aromatic heterocycles. The van der Waals surface area contributed by atoms with Crippen molar-refractivity contribution >= 4 is 5.91 Å². The molecule has 0 bridgehead atoms. The Balaban J connectivity index is 1.90. The van der Waals surface area contributed by atoms with Crippen molar-refractivity contribution in [1.82, 2.24) is 4.90 Å². The van der Waals surface area contributed by atoms with Crippen molar-refractivity contribution in [2.45, 2.75) is 32.6 Å². The number of hydrogen-bond acceptors (Lipinski definition) is 1. The number of amides is 1. The molecule has 0 atom stereocenters. The van der Waals surface area contributed by atoms with Gasteiger partial charge in [0, 0.05) is 20.0 Å². The highest BCUT2D eigenvalue weighted by Crippen LogP contribution is 2.27. The topological polar surface area (TPSA) is 20.3 Å². The van der Waals surface area contributed by atoms with Crippen molar-refractivity contribution in [2.75, 3.05) is 13.1 Å². The summed E-state index contributed by atoms with van der Waals surface area (Å²) in [5.41, 5.74) is 1.50. The van der Waals surface area contributed by atoms with E-state index in [0.717, 1.165) is 25.9 Å². The van der Waals surface area contributed by atoms with Crippen molar-refractivity contribution < 1.29 is 4.79 Å². The molecule has 0 spiro atoms. The van der Waals surface area contributed by atoms with Crippen LogP contribution in [0.4, 0.5) is 0 Å². The Kier molecular flexibility index (Phi) is 3.24. The summed E-state index contributed by atoms with van der Waals surface area (Å²) >= 11 is 0. The van der Waals surface area contributed by atoms with Gasteiger partial charge < -0.3 is 4.90 Å². The molecule has 2 aliphatic rings. The highest BCUT2D eigenvalue weighted by Gasteiger charge is 2.22. The predicted octanol–water partition coefficient (Wildman–Crippen LogP) is 2.52. The maximum absolute atomic E-state index is 11.2. The number of allylic oxidation sites excluding steroid dienone is 4. The Hall–Kier alpha value is -1.05. The smallest absolute Gasteiger partial charge is 0.219 e. The van der Waals surface area contributed by atoms with Crippen molar-refractivity contribution in [1.29, 1.82) is 0 Å². The molecular weight excluding hydrogens is 186 g/mol. The largest absolute Gasteiger partial charge is 0.343 e. The molecule has 2 rings (SSSR count). The lowest BCUT2D eigenvalue weighted by molar-refractivity contribution is -0.130. The van der Waals surface area contributed by atoms with Gasteiger partial charge in [-0.2, -0.15) is 0 Å². The number of nitrogens with zero attached hydrogens (tertiary/aromatic N) is 1. The zero-order chi connectivity index (χ0) is 10.7. The molecule has 1 saturated heterocycles. The summed E-state index contributed by atoms with van der Waals surface area (Å²) in [5, 5.41) is 0. The third-order valence-corrected chi connectivity index (χ3v) is 3.44. The second-order valence-corrected chi connectivity index (χ2v) is 4.46. The van der Waals surface area contributed by atoms with Crippen LogP contribution in [0, 0.1) is 5.92 Å². The van der Waals surface area contributed by atoms with Crippen LogP contribution in [0.2, 0.25) is 0 Å². The summed E-state index contributed by atoms with van der Waals surface area (Å²) in [4.78, 5) is 13.1. The number of rotatable bonds is 1. The third kappa shape index (κ3) is 2.49. The molecule has 82 valence electrons.